The van der Waals surface area contributed by atoms with Crippen molar-refractivity contribution in [3.05, 3.63) is 29.8 Å². The molecule has 7 heteroatoms. The fraction of sp³-hybridized carbons (Fsp3) is 0.526. The van der Waals surface area contributed by atoms with Gasteiger partial charge in [0.05, 0.1) is 6.61 Å². The van der Waals surface area contributed by atoms with Crippen molar-refractivity contribution >= 4 is 23.4 Å². The van der Waals surface area contributed by atoms with Crippen molar-refractivity contribution in [2.45, 2.75) is 52.7 Å². The zero-order valence-corrected chi connectivity index (χ0v) is 15.6. The van der Waals surface area contributed by atoms with Crippen LogP contribution in [0.3, 0.4) is 0 Å². The third-order valence-corrected chi connectivity index (χ3v) is 4.41. The standard InChI is InChI=1S/C19H29N3O4/c1-4-5-6-16(17(20)24)12(2)18(25)21-13(3)19(26)22-15-9-7-14(11-23)8-10-15/h7-10,12-13,16,23H,4-6,11H2,1-3H3,(H2,20,24)(H,21,25)(H,22,26)/t12-,13-,16?/m0/s1. The Kier molecular flexibility index (Phi) is 8.78. The molecule has 0 aliphatic rings. The van der Waals surface area contributed by atoms with E-state index in [9.17, 15) is 14.4 Å². The topological polar surface area (TPSA) is 122 Å². The molecule has 0 saturated carbocycles. The van der Waals surface area contributed by atoms with Crippen molar-refractivity contribution in [3.8, 4) is 0 Å². The lowest BCUT2D eigenvalue weighted by Gasteiger charge is -2.22. The van der Waals surface area contributed by atoms with Crippen LogP contribution in [0.5, 0.6) is 0 Å². The highest BCUT2D eigenvalue weighted by molar-refractivity contribution is 5.97. The quantitative estimate of drug-likeness (QED) is 0.504. The molecule has 0 bridgehead atoms. The molecule has 1 aromatic carbocycles. The van der Waals surface area contributed by atoms with Crippen molar-refractivity contribution in [3.63, 3.8) is 0 Å². The molecule has 0 heterocycles. The molecule has 5 N–H and O–H groups in total. The van der Waals surface area contributed by atoms with Crippen molar-refractivity contribution in [1.29, 1.82) is 0 Å². The number of anilines is 1. The minimum atomic E-state index is -0.762. The first-order chi connectivity index (χ1) is 12.3. The molecule has 3 amide bonds. The lowest BCUT2D eigenvalue weighted by Crippen LogP contribution is -2.46. The molecular formula is C19H29N3O4. The largest absolute Gasteiger partial charge is 0.392 e. The molecule has 0 fully saturated rings. The fourth-order valence-electron chi connectivity index (χ4n) is 2.60. The van der Waals surface area contributed by atoms with Crippen molar-refractivity contribution in [2.75, 3.05) is 5.32 Å². The van der Waals surface area contributed by atoms with Crippen LogP contribution in [0.1, 0.15) is 45.6 Å². The number of carbonyl (C=O) groups is 3. The average molecular weight is 363 g/mol. The summed E-state index contributed by atoms with van der Waals surface area (Å²) in [7, 11) is 0. The Bertz CT molecular complexity index is 616. The summed E-state index contributed by atoms with van der Waals surface area (Å²) in [4.78, 5) is 36.2. The van der Waals surface area contributed by atoms with Crippen LogP contribution in [0.25, 0.3) is 0 Å². The fourth-order valence-corrected chi connectivity index (χ4v) is 2.60. The van der Waals surface area contributed by atoms with E-state index in [-0.39, 0.29) is 18.4 Å². The molecular weight excluding hydrogens is 334 g/mol. The number of carbonyl (C=O) groups excluding carboxylic acids is 3. The van der Waals surface area contributed by atoms with Crippen LogP contribution in [-0.2, 0) is 21.0 Å². The van der Waals surface area contributed by atoms with Crippen LogP contribution in [-0.4, -0.2) is 28.9 Å². The van der Waals surface area contributed by atoms with E-state index in [4.69, 9.17) is 10.8 Å². The maximum atomic E-state index is 12.4. The van der Waals surface area contributed by atoms with Crippen molar-refractivity contribution in [1.82, 2.24) is 5.32 Å². The van der Waals surface area contributed by atoms with Gasteiger partial charge in [-0.2, -0.15) is 0 Å². The Morgan fingerprint density at radius 2 is 1.73 bits per heavy atom. The van der Waals surface area contributed by atoms with Gasteiger partial charge in [0.25, 0.3) is 0 Å². The number of amides is 3. The summed E-state index contributed by atoms with van der Waals surface area (Å²) in [6.45, 7) is 5.16. The van der Waals surface area contributed by atoms with E-state index in [0.29, 0.717) is 12.1 Å². The van der Waals surface area contributed by atoms with Gasteiger partial charge in [-0.15, -0.1) is 0 Å². The molecule has 0 aliphatic carbocycles. The van der Waals surface area contributed by atoms with Crippen LogP contribution in [0.4, 0.5) is 5.69 Å². The Morgan fingerprint density at radius 3 is 2.23 bits per heavy atom. The summed E-state index contributed by atoms with van der Waals surface area (Å²) in [6.07, 6.45) is 2.27. The van der Waals surface area contributed by atoms with Crippen LogP contribution < -0.4 is 16.4 Å². The second kappa shape index (κ2) is 10.6. The van der Waals surface area contributed by atoms with Gasteiger partial charge in [0.2, 0.25) is 17.7 Å². The Morgan fingerprint density at radius 1 is 1.12 bits per heavy atom. The van der Waals surface area contributed by atoms with Gasteiger partial charge >= 0.3 is 0 Å². The Balaban J connectivity index is 2.62. The lowest BCUT2D eigenvalue weighted by molar-refractivity contribution is -0.134. The highest BCUT2D eigenvalue weighted by Gasteiger charge is 2.29. The van der Waals surface area contributed by atoms with Gasteiger partial charge in [-0.3, -0.25) is 14.4 Å². The minimum Gasteiger partial charge on any atom is -0.392 e. The number of aliphatic hydroxyl groups excluding tert-OH is 1. The SMILES string of the molecule is CCCCC(C(N)=O)[C@H](C)C(=O)N[C@@H](C)C(=O)Nc1ccc(CO)cc1. The first-order valence-corrected chi connectivity index (χ1v) is 8.90. The molecule has 0 spiro atoms. The Hall–Kier alpha value is -2.41. The van der Waals surface area contributed by atoms with E-state index in [1.165, 1.54) is 0 Å². The van der Waals surface area contributed by atoms with Gasteiger partial charge in [0.1, 0.15) is 6.04 Å². The van der Waals surface area contributed by atoms with E-state index in [1.54, 1.807) is 38.1 Å². The monoisotopic (exact) mass is 363 g/mol. The molecule has 144 valence electrons. The first-order valence-electron chi connectivity index (χ1n) is 8.90. The maximum absolute atomic E-state index is 12.4. The summed E-state index contributed by atoms with van der Waals surface area (Å²) < 4.78 is 0. The summed E-state index contributed by atoms with van der Waals surface area (Å²) in [5, 5.41) is 14.4. The predicted molar refractivity (Wildman–Crippen MR) is 100.0 cm³/mol. The van der Waals surface area contributed by atoms with E-state index >= 15 is 0 Å². The maximum Gasteiger partial charge on any atom is 0.246 e. The predicted octanol–water partition coefficient (Wildman–Crippen LogP) is 1.55. The van der Waals surface area contributed by atoms with Gasteiger partial charge in [0, 0.05) is 17.5 Å². The van der Waals surface area contributed by atoms with Crippen LogP contribution >= 0.6 is 0 Å². The molecule has 26 heavy (non-hydrogen) atoms. The highest BCUT2D eigenvalue weighted by atomic mass is 16.3. The third-order valence-electron chi connectivity index (χ3n) is 4.41. The van der Waals surface area contributed by atoms with Crippen molar-refractivity contribution < 1.29 is 19.5 Å². The number of benzene rings is 1. The normalized spacial score (nSPS) is 14.2. The number of nitrogens with one attached hydrogen (secondary N) is 2. The molecule has 7 nitrogen and oxygen atoms in total. The smallest absolute Gasteiger partial charge is 0.246 e. The van der Waals surface area contributed by atoms with Crippen LogP contribution in [0.15, 0.2) is 24.3 Å². The van der Waals surface area contributed by atoms with E-state index in [1.807, 2.05) is 6.92 Å². The Labute approximate surface area is 154 Å². The lowest BCUT2D eigenvalue weighted by atomic mass is 9.88. The molecule has 3 atom stereocenters. The zero-order chi connectivity index (χ0) is 19.7. The number of unbranched alkanes of at least 4 members (excludes halogenated alkanes) is 1. The first kappa shape index (κ1) is 21.6. The molecule has 0 saturated heterocycles. The van der Waals surface area contributed by atoms with Crippen LogP contribution in [0, 0.1) is 11.8 Å². The van der Waals surface area contributed by atoms with E-state index < -0.39 is 23.8 Å². The minimum absolute atomic E-state index is 0.0718. The van der Waals surface area contributed by atoms with Crippen molar-refractivity contribution in [2.24, 2.45) is 17.6 Å². The summed E-state index contributed by atoms with van der Waals surface area (Å²) >= 11 is 0. The van der Waals surface area contributed by atoms with Crippen LogP contribution in [0.2, 0.25) is 0 Å². The van der Waals surface area contributed by atoms with Gasteiger partial charge in [-0.1, -0.05) is 38.8 Å². The number of nitrogens with two attached hydrogens (primary N) is 1. The van der Waals surface area contributed by atoms with Gasteiger partial charge in [-0.05, 0) is 31.0 Å². The van der Waals surface area contributed by atoms with E-state index in [2.05, 4.69) is 10.6 Å². The number of aliphatic hydroxyl groups is 1. The number of rotatable bonds is 10. The molecule has 1 aromatic rings. The second-order valence-electron chi connectivity index (χ2n) is 6.51. The highest BCUT2D eigenvalue weighted by Crippen LogP contribution is 2.19. The number of primary amides is 1. The van der Waals surface area contributed by atoms with Gasteiger partial charge in [0.15, 0.2) is 0 Å². The number of hydrogen-bond donors (Lipinski definition) is 4. The van der Waals surface area contributed by atoms with E-state index in [0.717, 1.165) is 18.4 Å². The summed E-state index contributed by atoms with van der Waals surface area (Å²) in [6, 6.07) is 5.99. The summed E-state index contributed by atoms with van der Waals surface area (Å²) in [5.41, 5.74) is 6.72. The van der Waals surface area contributed by atoms with Gasteiger partial charge < -0.3 is 21.5 Å². The molecule has 0 radical (unpaired) electrons. The zero-order valence-electron chi connectivity index (χ0n) is 15.6. The molecule has 0 aromatic heterocycles. The average Bonchev–Trinajstić information content (AvgIpc) is 2.62. The molecule has 1 unspecified atom stereocenters. The second-order valence-corrected chi connectivity index (χ2v) is 6.51. The third kappa shape index (κ3) is 6.48. The number of hydrogen-bond acceptors (Lipinski definition) is 4. The molecule has 0 aliphatic heterocycles. The van der Waals surface area contributed by atoms with Gasteiger partial charge in [-0.25, -0.2) is 0 Å². The summed E-state index contributed by atoms with van der Waals surface area (Å²) in [5.74, 6) is -2.38. The molecule has 1 rings (SSSR count).